The number of hydrogen-bond donors (Lipinski definition) is 0. The minimum Gasteiger partial charge on any atom is -0.299 e. The van der Waals surface area contributed by atoms with Gasteiger partial charge in [0.25, 0.3) is 0 Å². The number of hydrogen-bond acceptors (Lipinski definition) is 1. The molecule has 0 aliphatic heterocycles. The minimum absolute atomic E-state index is 0.400. The first-order valence-corrected chi connectivity index (χ1v) is 5.90. The topological polar surface area (TPSA) is 17.1 Å². The van der Waals surface area contributed by atoms with Crippen LogP contribution in [0.25, 0.3) is 0 Å². The summed E-state index contributed by atoms with van der Waals surface area (Å²) in [6, 6.07) is 0. The van der Waals surface area contributed by atoms with Crippen LogP contribution in [-0.4, -0.2) is 5.78 Å². The molecule has 0 spiro atoms. The molecule has 2 bridgehead atoms. The van der Waals surface area contributed by atoms with Crippen molar-refractivity contribution in [2.75, 3.05) is 0 Å². The van der Waals surface area contributed by atoms with E-state index >= 15 is 0 Å². The van der Waals surface area contributed by atoms with Crippen LogP contribution in [0, 0.1) is 17.8 Å². The third-order valence-corrected chi connectivity index (χ3v) is 4.08. The van der Waals surface area contributed by atoms with Crippen molar-refractivity contribution in [2.24, 2.45) is 17.8 Å². The van der Waals surface area contributed by atoms with E-state index in [1.165, 1.54) is 25.7 Å². The summed E-state index contributed by atoms with van der Waals surface area (Å²) >= 11 is 0. The fourth-order valence-corrected chi connectivity index (χ4v) is 3.14. The fraction of sp³-hybridized carbons (Fsp3) is 0.769. The van der Waals surface area contributed by atoms with Gasteiger partial charge in [0.05, 0.1) is 0 Å². The molecule has 2 fully saturated rings. The lowest BCUT2D eigenvalue weighted by Gasteiger charge is -2.20. The van der Waals surface area contributed by atoms with Gasteiger partial charge in [-0.1, -0.05) is 25.5 Å². The van der Waals surface area contributed by atoms with Gasteiger partial charge in [-0.25, -0.2) is 0 Å². The highest BCUT2D eigenvalue weighted by Gasteiger charge is 2.42. The second-order valence-electron chi connectivity index (χ2n) is 5.03. The first-order chi connectivity index (χ1) is 6.70. The molecule has 0 N–H and O–H groups in total. The first-order valence-electron chi connectivity index (χ1n) is 5.90. The Hall–Kier alpha value is -0.590. The summed E-state index contributed by atoms with van der Waals surface area (Å²) in [6.07, 6.45) is 6.79. The van der Waals surface area contributed by atoms with Crippen molar-refractivity contribution in [1.82, 2.24) is 0 Å². The smallest absolute Gasteiger partial charge is 0.140 e. The van der Waals surface area contributed by atoms with E-state index in [4.69, 9.17) is 0 Å². The molecule has 78 valence electrons. The molecule has 0 saturated heterocycles. The SMILES string of the molecule is C=C(CC)CC(=O)C1CC2CCC1C2. The van der Waals surface area contributed by atoms with Crippen molar-refractivity contribution in [3.8, 4) is 0 Å². The van der Waals surface area contributed by atoms with Crippen molar-refractivity contribution >= 4 is 5.78 Å². The summed E-state index contributed by atoms with van der Waals surface area (Å²) in [5, 5.41) is 0. The molecule has 0 aromatic carbocycles. The quantitative estimate of drug-likeness (QED) is 0.624. The first kappa shape index (κ1) is 9.95. The Morgan fingerprint density at radius 2 is 2.14 bits per heavy atom. The highest BCUT2D eigenvalue weighted by molar-refractivity contribution is 5.83. The Morgan fingerprint density at radius 1 is 1.36 bits per heavy atom. The van der Waals surface area contributed by atoms with Gasteiger partial charge in [-0.3, -0.25) is 4.79 Å². The monoisotopic (exact) mass is 192 g/mol. The van der Waals surface area contributed by atoms with E-state index < -0.39 is 0 Å². The van der Waals surface area contributed by atoms with Gasteiger partial charge in [-0.15, -0.1) is 0 Å². The molecule has 3 atom stereocenters. The Kier molecular flexibility index (Phi) is 2.76. The van der Waals surface area contributed by atoms with Crippen molar-refractivity contribution in [2.45, 2.75) is 45.4 Å². The van der Waals surface area contributed by atoms with Gasteiger partial charge in [0.15, 0.2) is 0 Å². The van der Waals surface area contributed by atoms with Crippen molar-refractivity contribution in [3.05, 3.63) is 12.2 Å². The van der Waals surface area contributed by atoms with Crippen LogP contribution in [0.3, 0.4) is 0 Å². The van der Waals surface area contributed by atoms with Crippen LogP contribution in [0.4, 0.5) is 0 Å². The van der Waals surface area contributed by atoms with Crippen molar-refractivity contribution in [1.29, 1.82) is 0 Å². The Bertz CT molecular complexity index is 254. The summed E-state index contributed by atoms with van der Waals surface area (Å²) < 4.78 is 0. The Morgan fingerprint density at radius 3 is 2.64 bits per heavy atom. The average Bonchev–Trinajstić information content (AvgIpc) is 2.78. The molecule has 1 heteroatoms. The molecule has 3 unspecified atom stereocenters. The maximum atomic E-state index is 11.9. The predicted octanol–water partition coefficient (Wildman–Crippen LogP) is 3.35. The van der Waals surface area contributed by atoms with Gasteiger partial charge in [-0.2, -0.15) is 0 Å². The van der Waals surface area contributed by atoms with E-state index in [0.717, 1.165) is 23.8 Å². The number of Topliss-reactive ketones (excluding diaryl/α,β-unsaturated/α-hetero) is 1. The van der Waals surface area contributed by atoms with E-state index in [1.54, 1.807) is 0 Å². The Balaban J connectivity index is 1.90. The number of ketones is 1. The van der Waals surface area contributed by atoms with Crippen LogP contribution in [0.2, 0.25) is 0 Å². The largest absolute Gasteiger partial charge is 0.299 e. The van der Waals surface area contributed by atoms with Gasteiger partial charge in [0.2, 0.25) is 0 Å². The number of carbonyl (C=O) groups is 1. The molecule has 2 rings (SSSR count). The molecular formula is C13H20O. The molecular weight excluding hydrogens is 172 g/mol. The summed E-state index contributed by atoms with van der Waals surface area (Å²) in [5.74, 6) is 2.49. The van der Waals surface area contributed by atoms with Crippen LogP contribution in [0.5, 0.6) is 0 Å². The van der Waals surface area contributed by atoms with Crippen LogP contribution >= 0.6 is 0 Å². The molecule has 14 heavy (non-hydrogen) atoms. The van der Waals surface area contributed by atoms with E-state index in [-0.39, 0.29) is 0 Å². The molecule has 0 amide bonds. The molecule has 1 nitrogen and oxygen atoms in total. The number of fused-ring (bicyclic) bond motifs is 2. The minimum atomic E-state index is 0.400. The van der Waals surface area contributed by atoms with Gasteiger partial charge < -0.3 is 0 Å². The van der Waals surface area contributed by atoms with Gasteiger partial charge in [-0.05, 0) is 37.5 Å². The highest BCUT2D eigenvalue weighted by Crippen LogP contribution is 2.49. The van der Waals surface area contributed by atoms with Gasteiger partial charge >= 0.3 is 0 Å². The van der Waals surface area contributed by atoms with Gasteiger partial charge in [0, 0.05) is 12.3 Å². The third-order valence-electron chi connectivity index (χ3n) is 4.08. The lowest BCUT2D eigenvalue weighted by molar-refractivity contribution is -0.123. The molecule has 0 aromatic rings. The summed E-state index contributed by atoms with van der Waals surface area (Å²) in [4.78, 5) is 11.9. The summed E-state index contributed by atoms with van der Waals surface area (Å²) in [6.45, 7) is 6.01. The molecule has 0 heterocycles. The maximum Gasteiger partial charge on any atom is 0.140 e. The standard InChI is InChI=1S/C13H20O/c1-3-9(2)6-13(14)12-8-10-4-5-11(12)7-10/h10-12H,2-8H2,1H3. The Labute approximate surface area is 86.6 Å². The van der Waals surface area contributed by atoms with E-state index in [2.05, 4.69) is 13.5 Å². The molecule has 0 radical (unpaired) electrons. The van der Waals surface area contributed by atoms with Crippen LogP contribution in [0.15, 0.2) is 12.2 Å². The lowest BCUT2D eigenvalue weighted by Crippen LogP contribution is -2.21. The zero-order valence-corrected chi connectivity index (χ0v) is 9.09. The second kappa shape index (κ2) is 3.88. The van der Waals surface area contributed by atoms with E-state index in [1.807, 2.05) is 0 Å². The molecule has 2 aliphatic carbocycles. The summed E-state index contributed by atoms with van der Waals surface area (Å²) in [7, 11) is 0. The van der Waals surface area contributed by atoms with Gasteiger partial charge in [0.1, 0.15) is 5.78 Å². The molecule has 0 aromatic heterocycles. The second-order valence-corrected chi connectivity index (χ2v) is 5.03. The maximum absolute atomic E-state index is 11.9. The molecule has 2 aliphatic rings. The highest BCUT2D eigenvalue weighted by atomic mass is 16.1. The van der Waals surface area contributed by atoms with E-state index in [9.17, 15) is 4.79 Å². The van der Waals surface area contributed by atoms with Crippen molar-refractivity contribution < 1.29 is 4.79 Å². The predicted molar refractivity (Wildman–Crippen MR) is 58.0 cm³/mol. The van der Waals surface area contributed by atoms with Crippen LogP contribution in [-0.2, 0) is 4.79 Å². The summed E-state index contributed by atoms with van der Waals surface area (Å²) in [5.41, 5.74) is 1.11. The third kappa shape index (κ3) is 1.77. The number of allylic oxidation sites excluding steroid dienone is 1. The zero-order chi connectivity index (χ0) is 10.1. The fourth-order valence-electron chi connectivity index (χ4n) is 3.14. The number of rotatable bonds is 4. The lowest BCUT2D eigenvalue weighted by atomic mass is 9.83. The average molecular weight is 192 g/mol. The molecule has 2 saturated carbocycles. The number of carbonyl (C=O) groups excluding carboxylic acids is 1. The zero-order valence-electron chi connectivity index (χ0n) is 9.09. The van der Waals surface area contributed by atoms with E-state index in [0.29, 0.717) is 18.1 Å². The van der Waals surface area contributed by atoms with Crippen LogP contribution < -0.4 is 0 Å². The normalized spacial score (nSPS) is 34.8. The van der Waals surface area contributed by atoms with Crippen molar-refractivity contribution in [3.63, 3.8) is 0 Å². The van der Waals surface area contributed by atoms with Crippen LogP contribution in [0.1, 0.15) is 45.4 Å².